The zero-order chi connectivity index (χ0) is 19.1. The van der Waals surface area contributed by atoms with Gasteiger partial charge in [0.05, 0.1) is 6.04 Å². The molecule has 8 nitrogen and oxygen atoms in total. The van der Waals surface area contributed by atoms with Gasteiger partial charge in [0.2, 0.25) is 5.91 Å². The Morgan fingerprint density at radius 2 is 1.88 bits per heavy atom. The smallest absolute Gasteiger partial charge is 0.261 e. The number of aliphatic hydroxyl groups excluding tert-OH is 3. The highest BCUT2D eigenvalue weighted by Gasteiger charge is 2.40. The van der Waals surface area contributed by atoms with E-state index >= 15 is 0 Å². The highest BCUT2D eigenvalue weighted by atomic mass is 16.5. The highest BCUT2D eigenvalue weighted by molar-refractivity contribution is 6.00. The molecule has 1 fully saturated rings. The van der Waals surface area contributed by atoms with Gasteiger partial charge in [0.25, 0.3) is 5.91 Å². The summed E-state index contributed by atoms with van der Waals surface area (Å²) in [5.74, 6) is -1.14. The Kier molecular flexibility index (Phi) is 8.67. The second-order valence-electron chi connectivity index (χ2n) is 6.69. The summed E-state index contributed by atoms with van der Waals surface area (Å²) in [4.78, 5) is 25.8. The summed E-state index contributed by atoms with van der Waals surface area (Å²) >= 11 is 0. The number of hydrogen-bond acceptors (Lipinski definition) is 7. The molecule has 1 saturated heterocycles. The largest absolute Gasteiger partial charge is 0.387 e. The number of amides is 2. The third-order valence-corrected chi connectivity index (χ3v) is 4.20. The summed E-state index contributed by atoms with van der Waals surface area (Å²) in [6.07, 6.45) is -1.35. The van der Waals surface area contributed by atoms with Crippen LogP contribution >= 0.6 is 0 Å². The van der Waals surface area contributed by atoms with Crippen molar-refractivity contribution >= 4 is 11.8 Å². The minimum atomic E-state index is -1.70. The maximum atomic E-state index is 12.6. The summed E-state index contributed by atoms with van der Waals surface area (Å²) in [6.45, 7) is 3.97. The van der Waals surface area contributed by atoms with Crippen molar-refractivity contribution in [2.75, 3.05) is 13.7 Å². The number of rotatable bonds is 7. The number of imide groups is 1. The van der Waals surface area contributed by atoms with Crippen molar-refractivity contribution in [1.29, 1.82) is 0 Å². The fraction of sp³-hybridized carbons (Fsp3) is 0.765. The van der Waals surface area contributed by atoms with Gasteiger partial charge < -0.3 is 25.8 Å². The van der Waals surface area contributed by atoms with Crippen LogP contribution in [0.3, 0.4) is 0 Å². The van der Waals surface area contributed by atoms with Gasteiger partial charge in [0.1, 0.15) is 18.3 Å². The van der Waals surface area contributed by atoms with Crippen molar-refractivity contribution in [3.8, 4) is 0 Å². The number of carbonyl (C=O) groups excluding carboxylic acids is 2. The third-order valence-electron chi connectivity index (χ3n) is 4.20. The minimum absolute atomic E-state index is 0.148. The number of carbonyl (C=O) groups is 2. The van der Waals surface area contributed by atoms with Crippen LogP contribution in [0.15, 0.2) is 12.2 Å². The van der Waals surface area contributed by atoms with Gasteiger partial charge in [0, 0.05) is 13.7 Å². The molecule has 1 rings (SSSR count). The number of ether oxygens (including phenoxy) is 1. The average molecular weight is 358 g/mol. The molecule has 8 heteroatoms. The maximum absolute atomic E-state index is 12.6. The molecule has 25 heavy (non-hydrogen) atoms. The van der Waals surface area contributed by atoms with Crippen LogP contribution in [0.4, 0.5) is 0 Å². The first-order valence-electron chi connectivity index (χ1n) is 8.56. The van der Waals surface area contributed by atoms with Gasteiger partial charge in [-0.3, -0.25) is 14.5 Å². The Morgan fingerprint density at radius 3 is 2.44 bits per heavy atom. The highest BCUT2D eigenvalue weighted by Crippen LogP contribution is 2.16. The van der Waals surface area contributed by atoms with Crippen LogP contribution in [-0.4, -0.2) is 76.1 Å². The lowest BCUT2D eigenvalue weighted by atomic mass is 10.00. The van der Waals surface area contributed by atoms with Gasteiger partial charge >= 0.3 is 0 Å². The maximum Gasteiger partial charge on any atom is 0.261 e. The second-order valence-corrected chi connectivity index (χ2v) is 6.69. The van der Waals surface area contributed by atoms with Crippen LogP contribution in [0.5, 0.6) is 0 Å². The molecule has 5 atom stereocenters. The van der Waals surface area contributed by atoms with E-state index in [1.54, 1.807) is 6.08 Å². The lowest BCUT2D eigenvalue weighted by molar-refractivity contribution is -0.164. The summed E-state index contributed by atoms with van der Waals surface area (Å²) in [5, 5.41) is 30.3. The van der Waals surface area contributed by atoms with E-state index in [2.05, 4.69) is 0 Å². The Hall–Kier alpha value is -1.32. The van der Waals surface area contributed by atoms with E-state index in [1.165, 1.54) is 13.2 Å². The molecule has 5 unspecified atom stereocenters. The molecule has 2 amide bonds. The first-order valence-corrected chi connectivity index (χ1v) is 8.56. The van der Waals surface area contributed by atoms with Crippen molar-refractivity contribution in [3.05, 3.63) is 12.2 Å². The molecule has 0 aromatic carbocycles. The topological polar surface area (TPSA) is 133 Å². The average Bonchev–Trinajstić information content (AvgIpc) is 2.74. The van der Waals surface area contributed by atoms with Crippen molar-refractivity contribution in [3.63, 3.8) is 0 Å². The van der Waals surface area contributed by atoms with Crippen LogP contribution in [0.2, 0.25) is 0 Å². The van der Waals surface area contributed by atoms with Crippen LogP contribution in [0.1, 0.15) is 33.1 Å². The fourth-order valence-electron chi connectivity index (χ4n) is 2.66. The number of nitrogens with zero attached hydrogens (tertiary/aromatic N) is 1. The quantitative estimate of drug-likeness (QED) is 0.436. The van der Waals surface area contributed by atoms with Crippen molar-refractivity contribution < 1.29 is 29.6 Å². The van der Waals surface area contributed by atoms with Crippen molar-refractivity contribution in [2.45, 2.75) is 63.6 Å². The van der Waals surface area contributed by atoms with Gasteiger partial charge in [-0.1, -0.05) is 26.0 Å². The molecule has 1 aliphatic heterocycles. The fourth-order valence-corrected chi connectivity index (χ4v) is 2.66. The molecule has 0 aromatic heterocycles. The third kappa shape index (κ3) is 5.86. The predicted octanol–water partition coefficient (Wildman–Crippen LogP) is -0.837. The van der Waals surface area contributed by atoms with Gasteiger partial charge in [0.15, 0.2) is 6.10 Å². The van der Waals surface area contributed by atoms with Crippen LogP contribution in [0, 0.1) is 5.92 Å². The zero-order valence-corrected chi connectivity index (χ0v) is 15.0. The molecule has 1 heterocycles. The van der Waals surface area contributed by atoms with E-state index in [0.717, 1.165) is 11.3 Å². The Labute approximate surface area is 148 Å². The van der Waals surface area contributed by atoms with Gasteiger partial charge in [-0.25, -0.2) is 0 Å². The number of allylic oxidation sites excluding steroid dienone is 1. The Morgan fingerprint density at radius 1 is 1.24 bits per heavy atom. The Balaban J connectivity index is 2.87. The van der Waals surface area contributed by atoms with Gasteiger partial charge in [-0.2, -0.15) is 0 Å². The van der Waals surface area contributed by atoms with Crippen LogP contribution < -0.4 is 5.73 Å². The molecule has 1 aliphatic rings. The number of hydrogen-bond donors (Lipinski definition) is 4. The molecule has 0 radical (unpaired) electrons. The van der Waals surface area contributed by atoms with Gasteiger partial charge in [-0.05, 0) is 25.2 Å². The monoisotopic (exact) mass is 358 g/mol. The van der Waals surface area contributed by atoms with Crippen molar-refractivity contribution in [2.24, 2.45) is 11.7 Å². The lowest BCUT2D eigenvalue weighted by Gasteiger charge is -2.30. The summed E-state index contributed by atoms with van der Waals surface area (Å²) < 4.78 is 5.02. The van der Waals surface area contributed by atoms with Crippen LogP contribution in [0.25, 0.3) is 0 Å². The molecule has 0 aromatic rings. The van der Waals surface area contributed by atoms with E-state index in [0.29, 0.717) is 12.8 Å². The van der Waals surface area contributed by atoms with E-state index in [9.17, 15) is 24.9 Å². The normalized spacial score (nSPS) is 24.2. The minimum Gasteiger partial charge on any atom is -0.387 e. The SMILES string of the molecule is COC(C(=O)N1CCCCC(N)C1=O)C(O)C(O)C(O)C=CC(C)C. The second kappa shape index (κ2) is 9.98. The molecular formula is C17H30N2O6. The van der Waals surface area contributed by atoms with Crippen LogP contribution in [-0.2, 0) is 14.3 Å². The number of nitrogens with two attached hydrogens (primary N) is 1. The molecule has 5 N–H and O–H groups in total. The molecule has 0 saturated carbocycles. The molecule has 0 bridgehead atoms. The number of aliphatic hydroxyl groups is 3. The first kappa shape index (κ1) is 21.7. The Bertz CT molecular complexity index is 482. The molecule has 0 aliphatic carbocycles. The van der Waals surface area contributed by atoms with E-state index in [-0.39, 0.29) is 12.5 Å². The first-order chi connectivity index (χ1) is 11.7. The van der Waals surface area contributed by atoms with E-state index < -0.39 is 42.3 Å². The molecule has 144 valence electrons. The zero-order valence-electron chi connectivity index (χ0n) is 15.0. The van der Waals surface area contributed by atoms with Crippen molar-refractivity contribution in [1.82, 2.24) is 4.90 Å². The molecule has 0 spiro atoms. The van der Waals surface area contributed by atoms with Gasteiger partial charge in [-0.15, -0.1) is 0 Å². The van der Waals surface area contributed by atoms with E-state index in [4.69, 9.17) is 10.5 Å². The summed E-state index contributed by atoms with van der Waals surface area (Å²) in [7, 11) is 1.19. The lowest BCUT2D eigenvalue weighted by Crippen LogP contribution is -2.55. The molecular weight excluding hydrogens is 328 g/mol. The standard InChI is InChI=1S/C17H30N2O6/c1-10(2)7-8-12(20)13(21)14(22)15(25-3)17(24)19-9-5-4-6-11(18)16(19)23/h7-8,10-15,20-22H,4-6,9,18H2,1-3H3. The van der Waals surface area contributed by atoms with E-state index in [1.807, 2.05) is 13.8 Å². The summed E-state index contributed by atoms with van der Waals surface area (Å²) in [5.41, 5.74) is 5.75. The predicted molar refractivity (Wildman–Crippen MR) is 91.3 cm³/mol. The summed E-state index contributed by atoms with van der Waals surface area (Å²) in [6, 6.07) is -0.773. The number of methoxy groups -OCH3 is 1. The number of likely N-dealkylation sites (tertiary alicyclic amines) is 1.